The van der Waals surface area contributed by atoms with Crippen LogP contribution in [0.15, 0.2) is 47.4 Å². The highest BCUT2D eigenvalue weighted by Crippen LogP contribution is 2.25. The van der Waals surface area contributed by atoms with Crippen LogP contribution in [-0.2, 0) is 14.3 Å². The lowest BCUT2D eigenvalue weighted by molar-refractivity contribution is -0.127. The number of carbonyl (C=O) groups excluding carboxylic acids is 1. The van der Waals surface area contributed by atoms with Crippen LogP contribution in [0.1, 0.15) is 19.8 Å². The molecule has 0 aromatic carbocycles. The van der Waals surface area contributed by atoms with Crippen LogP contribution in [0.4, 0.5) is 0 Å². The van der Waals surface area contributed by atoms with Crippen LogP contribution in [0.3, 0.4) is 0 Å². The first-order valence-corrected chi connectivity index (χ1v) is 6.79. The van der Waals surface area contributed by atoms with E-state index in [1.807, 2.05) is 25.2 Å². The van der Waals surface area contributed by atoms with Gasteiger partial charge in [0.25, 0.3) is 0 Å². The van der Waals surface area contributed by atoms with Crippen LogP contribution in [-0.4, -0.2) is 26.2 Å². The molecular formula is C16H21NO3. The Labute approximate surface area is 119 Å². The number of rotatable bonds is 4. The van der Waals surface area contributed by atoms with Crippen LogP contribution >= 0.6 is 0 Å². The minimum Gasteiger partial charge on any atom is -0.500 e. The first-order chi connectivity index (χ1) is 9.67. The summed E-state index contributed by atoms with van der Waals surface area (Å²) in [7, 11) is 3.17. The normalized spacial score (nSPS) is 25.4. The molecule has 2 rings (SSSR count). The topological polar surface area (TPSA) is 47.6 Å². The van der Waals surface area contributed by atoms with Crippen molar-refractivity contribution in [3.63, 3.8) is 0 Å². The molecule has 0 aromatic heterocycles. The lowest BCUT2D eigenvalue weighted by Crippen LogP contribution is -2.40. The fourth-order valence-corrected chi connectivity index (χ4v) is 2.46. The largest absolute Gasteiger partial charge is 0.500 e. The highest BCUT2D eigenvalue weighted by molar-refractivity contribution is 5.84. The molecule has 0 heterocycles. The molecule has 0 saturated heterocycles. The number of amides is 1. The molecule has 4 heteroatoms. The summed E-state index contributed by atoms with van der Waals surface area (Å²) in [6, 6.07) is 0. The first-order valence-electron chi connectivity index (χ1n) is 6.79. The van der Waals surface area contributed by atoms with Crippen LogP contribution in [0.5, 0.6) is 0 Å². The maximum atomic E-state index is 12.5. The fraction of sp³-hybridized carbons (Fsp3) is 0.438. The molecule has 0 radical (unpaired) electrons. The van der Waals surface area contributed by atoms with Crippen molar-refractivity contribution >= 4 is 5.91 Å². The third-order valence-corrected chi connectivity index (χ3v) is 3.67. The number of carbonyl (C=O) groups is 1. The molecule has 108 valence electrons. The Bertz CT molecular complexity index is 500. The van der Waals surface area contributed by atoms with Gasteiger partial charge in [-0.15, -0.1) is 0 Å². The van der Waals surface area contributed by atoms with Gasteiger partial charge >= 0.3 is 0 Å². The van der Waals surface area contributed by atoms with Crippen molar-refractivity contribution in [1.29, 1.82) is 0 Å². The third-order valence-electron chi connectivity index (χ3n) is 3.67. The van der Waals surface area contributed by atoms with Crippen molar-refractivity contribution in [3.05, 3.63) is 47.4 Å². The molecule has 2 atom stereocenters. The van der Waals surface area contributed by atoms with Gasteiger partial charge in [-0.2, -0.15) is 0 Å². The average Bonchev–Trinajstić information content (AvgIpc) is 2.48. The Morgan fingerprint density at radius 1 is 1.40 bits per heavy atom. The van der Waals surface area contributed by atoms with Crippen molar-refractivity contribution < 1.29 is 14.3 Å². The third kappa shape index (κ3) is 3.02. The van der Waals surface area contributed by atoms with Crippen LogP contribution in [0.2, 0.25) is 0 Å². The van der Waals surface area contributed by atoms with E-state index in [0.29, 0.717) is 5.76 Å². The van der Waals surface area contributed by atoms with E-state index in [0.717, 1.165) is 18.5 Å². The summed E-state index contributed by atoms with van der Waals surface area (Å²) in [4.78, 5) is 12.5. The molecule has 2 unspecified atom stereocenters. The predicted molar refractivity (Wildman–Crippen MR) is 77.7 cm³/mol. The van der Waals surface area contributed by atoms with E-state index in [2.05, 4.69) is 11.4 Å². The van der Waals surface area contributed by atoms with E-state index in [9.17, 15) is 4.79 Å². The van der Waals surface area contributed by atoms with Crippen molar-refractivity contribution in [2.45, 2.75) is 25.9 Å². The first kappa shape index (κ1) is 14.6. The van der Waals surface area contributed by atoms with Crippen LogP contribution < -0.4 is 5.32 Å². The fourth-order valence-electron chi connectivity index (χ4n) is 2.46. The molecular weight excluding hydrogens is 254 g/mol. The summed E-state index contributed by atoms with van der Waals surface area (Å²) in [6.45, 7) is 2.04. The molecule has 0 bridgehead atoms. The van der Waals surface area contributed by atoms with Crippen molar-refractivity contribution in [2.75, 3.05) is 14.2 Å². The van der Waals surface area contributed by atoms with E-state index >= 15 is 0 Å². The quantitative estimate of drug-likeness (QED) is 0.857. The number of methoxy groups -OCH3 is 2. The minimum absolute atomic E-state index is 0.102. The molecule has 0 aliphatic heterocycles. The lowest BCUT2D eigenvalue weighted by Gasteiger charge is -2.27. The summed E-state index contributed by atoms with van der Waals surface area (Å²) < 4.78 is 10.7. The van der Waals surface area contributed by atoms with Gasteiger partial charge in [0, 0.05) is 12.8 Å². The van der Waals surface area contributed by atoms with Gasteiger partial charge in [-0.3, -0.25) is 4.79 Å². The SMILES string of the molecule is COC1=CC=CC(OC)C1C(=O)NC1=C(C)CCC=C1. The summed E-state index contributed by atoms with van der Waals surface area (Å²) in [5, 5.41) is 2.99. The zero-order valence-corrected chi connectivity index (χ0v) is 12.2. The zero-order chi connectivity index (χ0) is 14.5. The van der Waals surface area contributed by atoms with Gasteiger partial charge in [-0.25, -0.2) is 0 Å². The molecule has 1 N–H and O–H groups in total. The monoisotopic (exact) mass is 275 g/mol. The van der Waals surface area contributed by atoms with E-state index in [-0.39, 0.29) is 12.0 Å². The highest BCUT2D eigenvalue weighted by atomic mass is 16.5. The van der Waals surface area contributed by atoms with Gasteiger partial charge in [-0.1, -0.05) is 18.2 Å². The second-order valence-corrected chi connectivity index (χ2v) is 4.96. The molecule has 0 aromatic rings. The van der Waals surface area contributed by atoms with Gasteiger partial charge in [0.2, 0.25) is 5.91 Å². The number of ether oxygens (including phenoxy) is 2. The van der Waals surface area contributed by atoms with Crippen molar-refractivity contribution in [1.82, 2.24) is 5.32 Å². The standard InChI is InChI=1S/C16H21NO3/c1-11-7-4-5-8-12(11)17-16(18)15-13(19-2)9-6-10-14(15)20-3/h5-6,8-10,13,15H,4,7H2,1-3H3,(H,17,18). The Balaban J connectivity index is 2.16. The molecule has 2 aliphatic carbocycles. The summed E-state index contributed by atoms with van der Waals surface area (Å²) in [6.07, 6.45) is 11.3. The van der Waals surface area contributed by atoms with Gasteiger partial charge in [0.05, 0.1) is 13.2 Å². The Hall–Kier alpha value is -1.81. The molecule has 0 saturated carbocycles. The van der Waals surface area contributed by atoms with Crippen molar-refractivity contribution in [2.24, 2.45) is 5.92 Å². The summed E-state index contributed by atoms with van der Waals surface area (Å²) in [5.41, 5.74) is 2.09. The van der Waals surface area contributed by atoms with Gasteiger partial charge in [0.1, 0.15) is 11.7 Å². The molecule has 1 amide bonds. The molecule has 0 fully saturated rings. The van der Waals surface area contributed by atoms with Gasteiger partial charge in [0.15, 0.2) is 0 Å². The smallest absolute Gasteiger partial charge is 0.238 e. The van der Waals surface area contributed by atoms with Crippen LogP contribution in [0, 0.1) is 5.92 Å². The minimum atomic E-state index is -0.453. The Morgan fingerprint density at radius 3 is 2.85 bits per heavy atom. The van der Waals surface area contributed by atoms with E-state index < -0.39 is 5.92 Å². The van der Waals surface area contributed by atoms with Gasteiger partial charge in [-0.05, 0) is 37.5 Å². The van der Waals surface area contributed by atoms with Crippen LogP contribution in [0.25, 0.3) is 0 Å². The number of nitrogens with one attached hydrogen (secondary N) is 1. The Kier molecular flexibility index (Phi) is 4.79. The molecule has 0 spiro atoms. The summed E-state index contributed by atoms with van der Waals surface area (Å²) >= 11 is 0. The van der Waals surface area contributed by atoms with Crippen molar-refractivity contribution in [3.8, 4) is 0 Å². The Morgan fingerprint density at radius 2 is 2.20 bits per heavy atom. The second kappa shape index (κ2) is 6.57. The van der Waals surface area contributed by atoms with E-state index in [4.69, 9.17) is 9.47 Å². The predicted octanol–water partition coefficient (Wildman–Crippen LogP) is 2.46. The maximum absolute atomic E-state index is 12.5. The van der Waals surface area contributed by atoms with E-state index in [1.165, 1.54) is 5.57 Å². The second-order valence-electron chi connectivity index (χ2n) is 4.96. The molecule has 20 heavy (non-hydrogen) atoms. The number of hydrogen-bond acceptors (Lipinski definition) is 3. The number of hydrogen-bond donors (Lipinski definition) is 1. The number of allylic oxidation sites excluding steroid dienone is 5. The molecule has 4 nitrogen and oxygen atoms in total. The molecule has 2 aliphatic rings. The van der Waals surface area contributed by atoms with Gasteiger partial charge < -0.3 is 14.8 Å². The average molecular weight is 275 g/mol. The lowest BCUT2D eigenvalue weighted by atomic mass is 9.93. The highest BCUT2D eigenvalue weighted by Gasteiger charge is 2.33. The zero-order valence-electron chi connectivity index (χ0n) is 12.2. The summed E-state index contributed by atoms with van der Waals surface area (Å²) in [5.74, 6) is 0.0655. The van der Waals surface area contributed by atoms with E-state index in [1.54, 1.807) is 20.3 Å². The maximum Gasteiger partial charge on any atom is 0.238 e.